The van der Waals surface area contributed by atoms with E-state index in [4.69, 9.17) is 10.7 Å². The lowest BCUT2D eigenvalue weighted by Gasteiger charge is -2.34. The summed E-state index contributed by atoms with van der Waals surface area (Å²) in [6, 6.07) is 9.67. The lowest BCUT2D eigenvalue weighted by Crippen LogP contribution is -2.40. The van der Waals surface area contributed by atoms with Gasteiger partial charge in [-0.05, 0) is 17.7 Å². The largest absolute Gasteiger partial charge is 0.379 e. The van der Waals surface area contributed by atoms with Crippen LogP contribution in [0.4, 0.5) is 10.3 Å². The topological polar surface area (TPSA) is 91.2 Å². The standard InChI is InChI=1S/C17H15FN6S/c18-14-6-21-16(22-7-14)24-8-13-9-25-15(20)23-17(13,10-24)12-3-1-2-11(4-12)5-19/h1-4,6-7,13H,8-10H2,(H2,20,23). The van der Waals surface area contributed by atoms with Crippen LogP contribution in [-0.4, -0.2) is 34.0 Å². The summed E-state index contributed by atoms with van der Waals surface area (Å²) in [5.41, 5.74) is 7.05. The van der Waals surface area contributed by atoms with Gasteiger partial charge in [0.15, 0.2) is 11.0 Å². The molecule has 8 heteroatoms. The molecule has 0 aliphatic carbocycles. The van der Waals surface area contributed by atoms with Gasteiger partial charge in [-0.15, -0.1) is 0 Å². The first-order valence-corrected chi connectivity index (χ1v) is 8.80. The molecule has 1 saturated heterocycles. The highest BCUT2D eigenvalue weighted by atomic mass is 32.2. The average molecular weight is 354 g/mol. The molecule has 0 spiro atoms. The molecule has 1 fully saturated rings. The molecule has 2 unspecified atom stereocenters. The van der Waals surface area contributed by atoms with Crippen molar-refractivity contribution in [2.24, 2.45) is 16.6 Å². The Morgan fingerprint density at radius 2 is 2.16 bits per heavy atom. The van der Waals surface area contributed by atoms with E-state index in [9.17, 15) is 9.65 Å². The van der Waals surface area contributed by atoms with E-state index in [2.05, 4.69) is 16.0 Å². The van der Waals surface area contributed by atoms with Crippen LogP contribution >= 0.6 is 11.8 Å². The Balaban J connectivity index is 1.77. The first-order valence-electron chi connectivity index (χ1n) is 7.82. The average Bonchev–Trinajstić information content (AvgIpc) is 3.02. The van der Waals surface area contributed by atoms with Crippen molar-refractivity contribution in [1.29, 1.82) is 5.26 Å². The van der Waals surface area contributed by atoms with Crippen molar-refractivity contribution in [2.45, 2.75) is 5.54 Å². The molecule has 1 aromatic heterocycles. The molecule has 2 N–H and O–H groups in total. The van der Waals surface area contributed by atoms with Crippen LogP contribution in [0.25, 0.3) is 0 Å². The van der Waals surface area contributed by atoms with E-state index in [1.54, 1.807) is 6.07 Å². The van der Waals surface area contributed by atoms with Crippen LogP contribution in [-0.2, 0) is 5.54 Å². The number of nitrogens with two attached hydrogens (primary N) is 1. The highest BCUT2D eigenvalue weighted by Gasteiger charge is 2.50. The van der Waals surface area contributed by atoms with Crippen LogP contribution in [0.15, 0.2) is 41.7 Å². The number of amidine groups is 1. The van der Waals surface area contributed by atoms with E-state index >= 15 is 0 Å². The minimum absolute atomic E-state index is 0.201. The third-order valence-electron chi connectivity index (χ3n) is 4.67. The van der Waals surface area contributed by atoms with Gasteiger partial charge in [0, 0.05) is 18.2 Å². The summed E-state index contributed by atoms with van der Waals surface area (Å²) in [5, 5.41) is 9.77. The minimum Gasteiger partial charge on any atom is -0.379 e. The number of rotatable bonds is 2. The summed E-state index contributed by atoms with van der Waals surface area (Å²) < 4.78 is 13.1. The van der Waals surface area contributed by atoms with Crippen molar-refractivity contribution < 1.29 is 4.39 Å². The van der Waals surface area contributed by atoms with Crippen molar-refractivity contribution in [3.63, 3.8) is 0 Å². The maximum absolute atomic E-state index is 13.1. The van der Waals surface area contributed by atoms with E-state index in [0.717, 1.165) is 11.3 Å². The quantitative estimate of drug-likeness (QED) is 0.885. The van der Waals surface area contributed by atoms with Gasteiger partial charge in [-0.2, -0.15) is 5.26 Å². The van der Waals surface area contributed by atoms with Crippen molar-refractivity contribution in [2.75, 3.05) is 23.7 Å². The van der Waals surface area contributed by atoms with Crippen LogP contribution in [0.5, 0.6) is 0 Å². The van der Waals surface area contributed by atoms with Gasteiger partial charge < -0.3 is 10.6 Å². The van der Waals surface area contributed by atoms with E-state index < -0.39 is 11.4 Å². The third-order valence-corrected chi connectivity index (χ3v) is 5.63. The molecule has 0 saturated carbocycles. The number of thioether (sulfide) groups is 1. The van der Waals surface area contributed by atoms with Crippen LogP contribution in [0, 0.1) is 23.1 Å². The number of aromatic nitrogens is 2. The molecule has 6 nitrogen and oxygen atoms in total. The number of nitriles is 1. The molecule has 2 aliphatic heterocycles. The fourth-order valence-corrected chi connectivity index (χ4v) is 4.48. The van der Waals surface area contributed by atoms with Crippen LogP contribution in [0.3, 0.4) is 0 Å². The molecule has 2 aliphatic rings. The minimum atomic E-state index is -0.542. The third kappa shape index (κ3) is 2.70. The first kappa shape index (κ1) is 15.8. The molecule has 0 radical (unpaired) electrons. The monoisotopic (exact) mass is 354 g/mol. The summed E-state index contributed by atoms with van der Waals surface area (Å²) in [6.07, 6.45) is 2.33. The van der Waals surface area contributed by atoms with Crippen LogP contribution in [0.2, 0.25) is 0 Å². The second-order valence-electron chi connectivity index (χ2n) is 6.16. The zero-order valence-corrected chi connectivity index (χ0v) is 14.1. The van der Waals surface area contributed by atoms with Gasteiger partial charge >= 0.3 is 0 Å². The number of aliphatic imine (C=N–C) groups is 1. The SMILES string of the molecule is N#Cc1cccc(C23CN(c4ncc(F)cn4)CC2CSC(N)=N3)c1. The van der Waals surface area contributed by atoms with Crippen molar-refractivity contribution in [1.82, 2.24) is 9.97 Å². The van der Waals surface area contributed by atoms with Crippen molar-refractivity contribution in [3.8, 4) is 6.07 Å². The summed E-state index contributed by atoms with van der Waals surface area (Å²) in [5.74, 6) is 1.04. The number of hydrogen-bond acceptors (Lipinski definition) is 7. The molecule has 1 aromatic carbocycles. The van der Waals surface area contributed by atoms with E-state index in [0.29, 0.717) is 29.8 Å². The summed E-state index contributed by atoms with van der Waals surface area (Å²) >= 11 is 1.53. The van der Waals surface area contributed by atoms with Crippen LogP contribution in [0.1, 0.15) is 11.1 Å². The number of nitrogens with zero attached hydrogens (tertiary/aromatic N) is 5. The Labute approximate surface area is 148 Å². The van der Waals surface area contributed by atoms with Gasteiger partial charge in [-0.3, -0.25) is 0 Å². The van der Waals surface area contributed by atoms with Crippen molar-refractivity contribution in [3.05, 3.63) is 53.6 Å². The lowest BCUT2D eigenvalue weighted by molar-refractivity contribution is 0.387. The normalized spacial score (nSPS) is 25.2. The van der Waals surface area contributed by atoms with E-state index in [1.807, 2.05) is 23.1 Å². The zero-order valence-electron chi connectivity index (χ0n) is 13.3. The second-order valence-corrected chi connectivity index (χ2v) is 7.20. The number of anilines is 1. The predicted molar refractivity (Wildman–Crippen MR) is 94.6 cm³/mol. The Bertz CT molecular complexity index is 877. The van der Waals surface area contributed by atoms with Crippen LogP contribution < -0.4 is 10.6 Å². The summed E-state index contributed by atoms with van der Waals surface area (Å²) in [6.45, 7) is 1.24. The Morgan fingerprint density at radius 3 is 2.92 bits per heavy atom. The Morgan fingerprint density at radius 1 is 1.36 bits per heavy atom. The van der Waals surface area contributed by atoms with Crippen molar-refractivity contribution >= 4 is 22.9 Å². The maximum Gasteiger partial charge on any atom is 0.225 e. The lowest BCUT2D eigenvalue weighted by atomic mass is 9.81. The summed E-state index contributed by atoms with van der Waals surface area (Å²) in [4.78, 5) is 15.0. The van der Waals surface area contributed by atoms with Gasteiger partial charge in [-0.25, -0.2) is 19.4 Å². The zero-order chi connectivity index (χ0) is 17.4. The molecule has 126 valence electrons. The molecule has 2 atom stereocenters. The molecule has 0 amide bonds. The number of fused-ring (bicyclic) bond motifs is 1. The fourth-order valence-electron chi connectivity index (χ4n) is 3.50. The molecule has 25 heavy (non-hydrogen) atoms. The van der Waals surface area contributed by atoms with E-state index in [-0.39, 0.29) is 5.92 Å². The molecule has 2 aromatic rings. The highest BCUT2D eigenvalue weighted by molar-refractivity contribution is 8.13. The van der Waals surface area contributed by atoms with Gasteiger partial charge in [0.25, 0.3) is 0 Å². The molecular formula is C17H15FN6S. The smallest absolute Gasteiger partial charge is 0.225 e. The molecule has 0 bridgehead atoms. The number of benzene rings is 1. The summed E-state index contributed by atoms with van der Waals surface area (Å²) in [7, 11) is 0. The molecule has 3 heterocycles. The molecular weight excluding hydrogens is 339 g/mol. The van der Waals surface area contributed by atoms with E-state index in [1.165, 1.54) is 24.2 Å². The second kappa shape index (κ2) is 6.01. The Hall–Kier alpha value is -2.66. The van der Waals surface area contributed by atoms with Gasteiger partial charge in [-0.1, -0.05) is 23.9 Å². The van der Waals surface area contributed by atoms with Gasteiger partial charge in [0.2, 0.25) is 5.95 Å². The maximum atomic E-state index is 13.1. The van der Waals surface area contributed by atoms with Gasteiger partial charge in [0.05, 0.1) is 30.6 Å². The fraction of sp³-hybridized carbons (Fsp3) is 0.294. The first-order chi connectivity index (χ1) is 12.1. The molecule has 4 rings (SSSR count). The number of halogens is 1. The Kier molecular flexibility index (Phi) is 3.81. The predicted octanol–water partition coefficient (Wildman–Crippen LogP) is 1.88. The van der Waals surface area contributed by atoms with Gasteiger partial charge in [0.1, 0.15) is 5.54 Å². The number of hydrogen-bond donors (Lipinski definition) is 1. The highest BCUT2D eigenvalue weighted by Crippen LogP contribution is 2.46.